The lowest BCUT2D eigenvalue weighted by Gasteiger charge is -2.08. The van der Waals surface area contributed by atoms with Crippen molar-refractivity contribution < 1.29 is 14.3 Å². The van der Waals surface area contributed by atoms with Crippen LogP contribution in [-0.4, -0.2) is 12.6 Å². The first-order chi connectivity index (χ1) is 12.2. The van der Waals surface area contributed by atoms with Gasteiger partial charge in [-0.2, -0.15) is 0 Å². The SMILES string of the molecule is CCc1ccc(OCC(=O)Oc2ccc(-c3ccccc3)cc2)cc1. The molecular weight excluding hydrogens is 312 g/mol. The molecule has 0 N–H and O–H groups in total. The molecule has 0 atom stereocenters. The van der Waals surface area contributed by atoms with Crippen LogP contribution in [0.2, 0.25) is 0 Å². The Kier molecular flexibility index (Phi) is 5.47. The van der Waals surface area contributed by atoms with Crippen molar-refractivity contribution >= 4 is 5.97 Å². The van der Waals surface area contributed by atoms with Crippen molar-refractivity contribution in [1.82, 2.24) is 0 Å². The highest BCUT2D eigenvalue weighted by Crippen LogP contribution is 2.22. The fourth-order valence-corrected chi connectivity index (χ4v) is 2.47. The maximum atomic E-state index is 11.9. The van der Waals surface area contributed by atoms with Gasteiger partial charge in [0.05, 0.1) is 0 Å². The largest absolute Gasteiger partial charge is 0.482 e. The average Bonchev–Trinajstić information content (AvgIpc) is 2.68. The smallest absolute Gasteiger partial charge is 0.349 e. The van der Waals surface area contributed by atoms with Crippen LogP contribution in [0.3, 0.4) is 0 Å². The number of rotatable bonds is 6. The minimum atomic E-state index is -0.424. The van der Waals surface area contributed by atoms with Gasteiger partial charge < -0.3 is 9.47 Å². The Hall–Kier alpha value is -3.07. The van der Waals surface area contributed by atoms with Gasteiger partial charge in [-0.15, -0.1) is 0 Å². The zero-order chi connectivity index (χ0) is 17.5. The molecule has 25 heavy (non-hydrogen) atoms. The quantitative estimate of drug-likeness (QED) is 0.476. The van der Waals surface area contributed by atoms with Crippen LogP contribution in [0.5, 0.6) is 11.5 Å². The predicted octanol–water partition coefficient (Wildman–Crippen LogP) is 4.90. The number of benzene rings is 3. The molecule has 0 radical (unpaired) electrons. The number of aryl methyl sites for hydroxylation is 1. The summed E-state index contributed by atoms with van der Waals surface area (Å²) in [6.07, 6.45) is 0.974. The number of carbonyl (C=O) groups is 1. The van der Waals surface area contributed by atoms with Crippen LogP contribution in [0.15, 0.2) is 78.9 Å². The lowest BCUT2D eigenvalue weighted by atomic mass is 10.1. The monoisotopic (exact) mass is 332 g/mol. The van der Waals surface area contributed by atoms with Gasteiger partial charge in [0.15, 0.2) is 6.61 Å². The molecule has 0 saturated heterocycles. The van der Waals surface area contributed by atoms with Gasteiger partial charge in [0, 0.05) is 0 Å². The molecule has 0 saturated carbocycles. The second-order valence-electron chi connectivity index (χ2n) is 5.65. The number of ether oxygens (including phenoxy) is 2. The van der Waals surface area contributed by atoms with Crippen molar-refractivity contribution in [3.63, 3.8) is 0 Å². The zero-order valence-electron chi connectivity index (χ0n) is 14.1. The molecule has 0 aliphatic rings. The lowest BCUT2D eigenvalue weighted by molar-refractivity contribution is -0.136. The van der Waals surface area contributed by atoms with Crippen molar-refractivity contribution in [2.24, 2.45) is 0 Å². The van der Waals surface area contributed by atoms with Gasteiger partial charge in [-0.1, -0.05) is 61.5 Å². The topological polar surface area (TPSA) is 35.5 Å². The molecule has 0 amide bonds. The summed E-state index contributed by atoms with van der Waals surface area (Å²) in [6, 6.07) is 25.2. The van der Waals surface area contributed by atoms with Gasteiger partial charge >= 0.3 is 5.97 Å². The average molecular weight is 332 g/mol. The van der Waals surface area contributed by atoms with Crippen molar-refractivity contribution in [3.05, 3.63) is 84.4 Å². The van der Waals surface area contributed by atoms with Crippen LogP contribution in [0.25, 0.3) is 11.1 Å². The zero-order valence-corrected chi connectivity index (χ0v) is 14.1. The Labute approximate surface area is 147 Å². The van der Waals surface area contributed by atoms with Crippen LogP contribution >= 0.6 is 0 Å². The van der Waals surface area contributed by atoms with E-state index in [2.05, 4.69) is 6.92 Å². The summed E-state index contributed by atoms with van der Waals surface area (Å²) >= 11 is 0. The number of hydrogen-bond acceptors (Lipinski definition) is 3. The molecule has 0 unspecified atom stereocenters. The second-order valence-corrected chi connectivity index (χ2v) is 5.65. The summed E-state index contributed by atoms with van der Waals surface area (Å²) in [6.45, 7) is 1.97. The molecule has 0 aliphatic carbocycles. The van der Waals surface area contributed by atoms with E-state index in [9.17, 15) is 4.79 Å². The molecule has 0 aliphatic heterocycles. The Balaban J connectivity index is 1.54. The maximum absolute atomic E-state index is 11.9. The molecule has 3 aromatic rings. The molecule has 0 bridgehead atoms. The van der Waals surface area contributed by atoms with Gasteiger partial charge in [-0.3, -0.25) is 0 Å². The van der Waals surface area contributed by atoms with Crippen molar-refractivity contribution in [3.8, 4) is 22.6 Å². The van der Waals surface area contributed by atoms with E-state index in [4.69, 9.17) is 9.47 Å². The number of carbonyl (C=O) groups excluding carboxylic acids is 1. The Morgan fingerprint density at radius 1 is 0.760 bits per heavy atom. The van der Waals surface area contributed by atoms with Crippen LogP contribution in [0.1, 0.15) is 12.5 Å². The fraction of sp³-hybridized carbons (Fsp3) is 0.136. The normalized spacial score (nSPS) is 10.3. The summed E-state index contributed by atoms with van der Waals surface area (Å²) in [4.78, 5) is 11.9. The van der Waals surface area contributed by atoms with E-state index in [-0.39, 0.29) is 6.61 Å². The van der Waals surface area contributed by atoms with Crippen LogP contribution < -0.4 is 9.47 Å². The molecule has 3 nitrogen and oxygen atoms in total. The van der Waals surface area contributed by atoms with Gasteiger partial charge in [0.1, 0.15) is 11.5 Å². The molecule has 0 fully saturated rings. The van der Waals surface area contributed by atoms with Gasteiger partial charge in [-0.05, 0) is 47.4 Å². The fourth-order valence-electron chi connectivity index (χ4n) is 2.47. The van der Waals surface area contributed by atoms with E-state index in [1.165, 1.54) is 5.56 Å². The van der Waals surface area contributed by atoms with E-state index in [0.717, 1.165) is 17.5 Å². The summed E-state index contributed by atoms with van der Waals surface area (Å²) in [7, 11) is 0. The molecule has 0 spiro atoms. The predicted molar refractivity (Wildman–Crippen MR) is 98.8 cm³/mol. The van der Waals surface area contributed by atoms with E-state index >= 15 is 0 Å². The van der Waals surface area contributed by atoms with Crippen molar-refractivity contribution in [2.75, 3.05) is 6.61 Å². The highest BCUT2D eigenvalue weighted by atomic mass is 16.6. The van der Waals surface area contributed by atoms with Crippen LogP contribution in [0, 0.1) is 0 Å². The molecule has 3 aromatic carbocycles. The first-order valence-corrected chi connectivity index (χ1v) is 8.32. The highest BCUT2D eigenvalue weighted by Gasteiger charge is 2.07. The third-order valence-electron chi connectivity index (χ3n) is 3.88. The van der Waals surface area contributed by atoms with Gasteiger partial charge in [-0.25, -0.2) is 4.79 Å². The van der Waals surface area contributed by atoms with Crippen molar-refractivity contribution in [2.45, 2.75) is 13.3 Å². The Bertz CT molecular complexity index is 806. The van der Waals surface area contributed by atoms with Crippen LogP contribution in [-0.2, 0) is 11.2 Å². The molecule has 0 heterocycles. The minimum absolute atomic E-state index is 0.119. The first-order valence-electron chi connectivity index (χ1n) is 8.32. The first kappa shape index (κ1) is 16.8. The molecule has 126 valence electrons. The molecule has 3 heteroatoms. The third kappa shape index (κ3) is 4.70. The van der Waals surface area contributed by atoms with E-state index < -0.39 is 5.97 Å². The Morgan fingerprint density at radius 3 is 2.00 bits per heavy atom. The van der Waals surface area contributed by atoms with Crippen molar-refractivity contribution in [1.29, 1.82) is 0 Å². The van der Waals surface area contributed by atoms with Crippen LogP contribution in [0.4, 0.5) is 0 Å². The lowest BCUT2D eigenvalue weighted by Crippen LogP contribution is -2.17. The summed E-state index contributed by atoms with van der Waals surface area (Å²) < 4.78 is 10.8. The summed E-state index contributed by atoms with van der Waals surface area (Å²) in [5, 5.41) is 0. The van der Waals surface area contributed by atoms with Gasteiger partial charge in [0.2, 0.25) is 0 Å². The van der Waals surface area contributed by atoms with Gasteiger partial charge in [0.25, 0.3) is 0 Å². The van der Waals surface area contributed by atoms with E-state index in [1.54, 1.807) is 12.1 Å². The standard InChI is InChI=1S/C22H20O3/c1-2-17-8-12-20(13-9-17)24-16-22(23)25-21-14-10-19(11-15-21)18-6-4-3-5-7-18/h3-15H,2,16H2,1H3. The molecule has 0 aromatic heterocycles. The summed E-state index contributed by atoms with van der Waals surface area (Å²) in [5.41, 5.74) is 3.43. The third-order valence-corrected chi connectivity index (χ3v) is 3.88. The van der Waals surface area contributed by atoms with E-state index in [0.29, 0.717) is 11.5 Å². The second kappa shape index (κ2) is 8.15. The molecular formula is C22H20O3. The number of esters is 1. The maximum Gasteiger partial charge on any atom is 0.349 e. The molecule has 3 rings (SSSR count). The minimum Gasteiger partial charge on any atom is -0.482 e. The highest BCUT2D eigenvalue weighted by molar-refractivity contribution is 5.74. The van der Waals surface area contributed by atoms with E-state index in [1.807, 2.05) is 66.7 Å². The Morgan fingerprint density at radius 2 is 1.36 bits per heavy atom. The summed E-state index contributed by atoms with van der Waals surface area (Å²) in [5.74, 6) is 0.746. The number of hydrogen-bond donors (Lipinski definition) is 0.